The average molecular weight is 368 g/mol. The molecule has 0 aromatic heterocycles. The molecule has 0 bridgehead atoms. The van der Waals surface area contributed by atoms with E-state index in [1.165, 1.54) is 6.07 Å². The standard InChI is InChI=1S/C13H7BrCl2F2O/c14-8-4-10(17)13(18)12(5-8)19-11-2-1-9(16)3-7(11)6-15/h1-5H,6H2. The molecular formula is C13H7BrCl2F2O. The first-order chi connectivity index (χ1) is 9.01. The van der Waals surface area contributed by atoms with Crippen LogP contribution >= 0.6 is 39.1 Å². The second-order valence-corrected chi connectivity index (χ2v) is 5.31. The Bertz CT molecular complexity index is 620. The van der Waals surface area contributed by atoms with E-state index in [1.807, 2.05) is 0 Å². The third kappa shape index (κ3) is 3.38. The fraction of sp³-hybridized carbons (Fsp3) is 0.0769. The summed E-state index contributed by atoms with van der Waals surface area (Å²) in [7, 11) is 0. The van der Waals surface area contributed by atoms with Gasteiger partial charge < -0.3 is 4.74 Å². The van der Waals surface area contributed by atoms with Gasteiger partial charge in [-0.25, -0.2) is 4.39 Å². The topological polar surface area (TPSA) is 9.23 Å². The largest absolute Gasteiger partial charge is 0.454 e. The highest BCUT2D eigenvalue weighted by Crippen LogP contribution is 2.33. The van der Waals surface area contributed by atoms with Crippen molar-refractivity contribution in [3.63, 3.8) is 0 Å². The van der Waals surface area contributed by atoms with Gasteiger partial charge >= 0.3 is 0 Å². The van der Waals surface area contributed by atoms with Gasteiger partial charge in [-0.2, -0.15) is 4.39 Å². The first-order valence-electron chi connectivity index (χ1n) is 5.18. The molecule has 6 heteroatoms. The zero-order chi connectivity index (χ0) is 14.0. The van der Waals surface area contributed by atoms with Gasteiger partial charge in [-0.05, 0) is 30.3 Å². The van der Waals surface area contributed by atoms with Crippen LogP contribution in [0.3, 0.4) is 0 Å². The molecule has 0 unspecified atom stereocenters. The summed E-state index contributed by atoms with van der Waals surface area (Å²) in [5, 5.41) is 0.490. The van der Waals surface area contributed by atoms with Gasteiger partial charge in [0.15, 0.2) is 11.6 Å². The van der Waals surface area contributed by atoms with Gasteiger partial charge in [-0.1, -0.05) is 27.5 Å². The minimum atomic E-state index is -1.06. The average Bonchev–Trinajstić information content (AvgIpc) is 2.37. The molecule has 0 spiro atoms. The molecule has 19 heavy (non-hydrogen) atoms. The van der Waals surface area contributed by atoms with Crippen LogP contribution in [0, 0.1) is 11.6 Å². The quantitative estimate of drug-likeness (QED) is 0.483. The maximum Gasteiger partial charge on any atom is 0.201 e. The van der Waals surface area contributed by atoms with Gasteiger partial charge in [0, 0.05) is 15.1 Å². The van der Waals surface area contributed by atoms with Crippen molar-refractivity contribution >= 4 is 39.1 Å². The van der Waals surface area contributed by atoms with Crippen molar-refractivity contribution in [2.24, 2.45) is 0 Å². The molecule has 100 valence electrons. The van der Waals surface area contributed by atoms with Crippen LogP contribution in [-0.2, 0) is 5.88 Å². The van der Waals surface area contributed by atoms with Crippen molar-refractivity contribution in [2.75, 3.05) is 0 Å². The SMILES string of the molecule is Fc1cc(Br)cc(Oc2ccc(Cl)cc2CCl)c1F. The van der Waals surface area contributed by atoms with Crippen molar-refractivity contribution in [3.8, 4) is 11.5 Å². The lowest BCUT2D eigenvalue weighted by Crippen LogP contribution is -1.95. The lowest BCUT2D eigenvalue weighted by molar-refractivity contribution is 0.413. The van der Waals surface area contributed by atoms with Gasteiger partial charge in [0.2, 0.25) is 5.82 Å². The fourth-order valence-corrected chi connectivity index (χ4v) is 2.29. The number of alkyl halides is 1. The van der Waals surface area contributed by atoms with E-state index in [1.54, 1.807) is 18.2 Å². The van der Waals surface area contributed by atoms with Gasteiger partial charge in [0.25, 0.3) is 0 Å². The highest BCUT2D eigenvalue weighted by molar-refractivity contribution is 9.10. The molecule has 0 heterocycles. The van der Waals surface area contributed by atoms with E-state index in [2.05, 4.69) is 15.9 Å². The molecule has 0 saturated heterocycles. The van der Waals surface area contributed by atoms with Crippen LogP contribution in [0.2, 0.25) is 5.02 Å². The van der Waals surface area contributed by atoms with E-state index in [0.29, 0.717) is 20.8 Å². The third-order valence-corrected chi connectivity index (χ3v) is 3.33. The summed E-state index contributed by atoms with van der Waals surface area (Å²) in [6, 6.07) is 7.10. The molecule has 2 aromatic rings. The summed E-state index contributed by atoms with van der Waals surface area (Å²) in [5.41, 5.74) is 0.592. The predicted molar refractivity (Wildman–Crippen MR) is 75.1 cm³/mol. The van der Waals surface area contributed by atoms with E-state index in [-0.39, 0.29) is 11.6 Å². The maximum atomic E-state index is 13.6. The Balaban J connectivity index is 2.41. The van der Waals surface area contributed by atoms with Crippen LogP contribution in [-0.4, -0.2) is 0 Å². The fourth-order valence-electron chi connectivity index (χ4n) is 1.48. The van der Waals surface area contributed by atoms with Gasteiger partial charge in [-0.15, -0.1) is 11.6 Å². The number of benzene rings is 2. The molecule has 1 nitrogen and oxygen atoms in total. The summed E-state index contributed by atoms with van der Waals surface area (Å²) in [6.07, 6.45) is 0. The molecule has 0 aliphatic heterocycles. The van der Waals surface area contributed by atoms with E-state index in [0.717, 1.165) is 6.07 Å². The summed E-state index contributed by atoms with van der Waals surface area (Å²) >= 11 is 14.7. The predicted octanol–water partition coefficient (Wildman–Crippen LogP) is 5.91. The number of rotatable bonds is 3. The highest BCUT2D eigenvalue weighted by Gasteiger charge is 2.14. The molecule has 0 fully saturated rings. The monoisotopic (exact) mass is 366 g/mol. The number of ether oxygens (including phenoxy) is 1. The zero-order valence-corrected chi connectivity index (χ0v) is 12.5. The van der Waals surface area contributed by atoms with Crippen LogP contribution in [0.4, 0.5) is 8.78 Å². The minimum Gasteiger partial charge on any atom is -0.454 e. The first kappa shape index (κ1) is 14.6. The number of hydrogen-bond donors (Lipinski definition) is 0. The Morgan fingerprint density at radius 2 is 1.84 bits per heavy atom. The summed E-state index contributed by atoms with van der Waals surface area (Å²) < 4.78 is 32.6. The zero-order valence-electron chi connectivity index (χ0n) is 9.39. The molecule has 0 aliphatic carbocycles. The van der Waals surface area contributed by atoms with E-state index >= 15 is 0 Å². The Morgan fingerprint density at radius 3 is 2.53 bits per heavy atom. The van der Waals surface area contributed by atoms with Crippen molar-refractivity contribution in [1.82, 2.24) is 0 Å². The summed E-state index contributed by atoms with van der Waals surface area (Å²) in [5.74, 6) is -1.80. The Labute approximate surface area is 127 Å². The normalized spacial score (nSPS) is 10.6. The van der Waals surface area contributed by atoms with Gasteiger partial charge in [0.05, 0.1) is 5.88 Å². The summed E-state index contributed by atoms with van der Waals surface area (Å²) in [6.45, 7) is 0. The molecule has 0 atom stereocenters. The van der Waals surface area contributed by atoms with Crippen LogP contribution < -0.4 is 4.74 Å². The maximum absolute atomic E-state index is 13.6. The molecule has 0 aliphatic rings. The lowest BCUT2D eigenvalue weighted by atomic mass is 10.2. The Hall–Kier alpha value is -0.840. The molecule has 0 N–H and O–H groups in total. The van der Waals surface area contributed by atoms with Crippen molar-refractivity contribution in [3.05, 3.63) is 57.0 Å². The number of hydrogen-bond acceptors (Lipinski definition) is 1. The molecule has 0 saturated carbocycles. The lowest BCUT2D eigenvalue weighted by Gasteiger charge is -2.11. The Morgan fingerprint density at radius 1 is 1.11 bits per heavy atom. The minimum absolute atomic E-state index is 0.147. The molecule has 0 amide bonds. The van der Waals surface area contributed by atoms with Crippen molar-refractivity contribution < 1.29 is 13.5 Å². The van der Waals surface area contributed by atoms with Crippen molar-refractivity contribution in [2.45, 2.75) is 5.88 Å². The Kier molecular flexibility index (Phi) is 4.66. The highest BCUT2D eigenvalue weighted by atomic mass is 79.9. The molecule has 0 radical (unpaired) electrons. The van der Waals surface area contributed by atoms with E-state index in [9.17, 15) is 8.78 Å². The third-order valence-electron chi connectivity index (χ3n) is 2.35. The van der Waals surface area contributed by atoms with E-state index in [4.69, 9.17) is 27.9 Å². The van der Waals surface area contributed by atoms with Crippen molar-refractivity contribution in [1.29, 1.82) is 0 Å². The molecular weight excluding hydrogens is 361 g/mol. The summed E-state index contributed by atoms with van der Waals surface area (Å²) in [4.78, 5) is 0. The first-order valence-corrected chi connectivity index (χ1v) is 6.88. The van der Waals surface area contributed by atoms with Crippen LogP contribution in [0.1, 0.15) is 5.56 Å². The molecule has 2 aromatic carbocycles. The van der Waals surface area contributed by atoms with E-state index < -0.39 is 11.6 Å². The second-order valence-electron chi connectivity index (χ2n) is 3.69. The number of halogens is 5. The van der Waals surface area contributed by atoms with Crippen LogP contribution in [0.5, 0.6) is 11.5 Å². The van der Waals surface area contributed by atoms with Crippen LogP contribution in [0.25, 0.3) is 0 Å². The van der Waals surface area contributed by atoms with Crippen LogP contribution in [0.15, 0.2) is 34.8 Å². The van der Waals surface area contributed by atoms with Gasteiger partial charge in [0.1, 0.15) is 5.75 Å². The van der Waals surface area contributed by atoms with Gasteiger partial charge in [-0.3, -0.25) is 0 Å². The smallest absolute Gasteiger partial charge is 0.201 e. The molecule has 2 rings (SSSR count). The second kappa shape index (κ2) is 6.07.